The minimum absolute atomic E-state index is 0.0507. The van der Waals surface area contributed by atoms with Crippen molar-refractivity contribution in [3.8, 4) is 0 Å². The second-order valence-electron chi connectivity index (χ2n) is 4.50. The van der Waals surface area contributed by atoms with E-state index in [-0.39, 0.29) is 19.4 Å². The minimum Gasteiger partial charge on any atom is -0.461 e. The number of alkyl halides is 3. The number of halogens is 3. The highest BCUT2D eigenvalue weighted by Crippen LogP contribution is 2.32. The van der Waals surface area contributed by atoms with Crippen molar-refractivity contribution >= 4 is 12.4 Å². The summed E-state index contributed by atoms with van der Waals surface area (Å²) in [6, 6.07) is 0. The van der Waals surface area contributed by atoms with Gasteiger partial charge in [-0.15, -0.1) is 0 Å². The minimum atomic E-state index is -4.68. The molecular weight excluding hydrogens is 287 g/mol. The van der Waals surface area contributed by atoms with Crippen LogP contribution in [-0.2, 0) is 14.3 Å². The summed E-state index contributed by atoms with van der Waals surface area (Å²) in [6.07, 6.45) is -1.20. The van der Waals surface area contributed by atoms with Crippen molar-refractivity contribution in [1.29, 1.82) is 0 Å². The van der Waals surface area contributed by atoms with Gasteiger partial charge in [0.1, 0.15) is 5.70 Å². The van der Waals surface area contributed by atoms with Crippen molar-refractivity contribution in [2.45, 2.75) is 58.5 Å². The molecule has 1 amide bonds. The lowest BCUT2D eigenvalue weighted by molar-refractivity contribution is -0.141. The van der Waals surface area contributed by atoms with Gasteiger partial charge in [0, 0.05) is 0 Å². The first-order chi connectivity index (χ1) is 9.88. The fraction of sp³-hybridized carbons (Fsp3) is 0.714. The van der Waals surface area contributed by atoms with Gasteiger partial charge in [-0.1, -0.05) is 32.6 Å². The highest BCUT2D eigenvalue weighted by Gasteiger charge is 2.38. The first-order valence-electron chi connectivity index (χ1n) is 7.06. The number of allylic oxidation sites excluding steroid dienone is 1. The third-order valence-corrected chi connectivity index (χ3v) is 2.86. The molecule has 21 heavy (non-hydrogen) atoms. The predicted octanol–water partition coefficient (Wildman–Crippen LogP) is 3.47. The first-order valence-corrected chi connectivity index (χ1v) is 7.06. The fourth-order valence-corrected chi connectivity index (χ4v) is 1.85. The Labute approximate surface area is 122 Å². The highest BCUT2D eigenvalue weighted by molar-refractivity contribution is 5.91. The van der Waals surface area contributed by atoms with Gasteiger partial charge < -0.3 is 10.1 Å². The molecule has 7 heteroatoms. The number of nitrogens with one attached hydrogen (secondary N) is 1. The third-order valence-electron chi connectivity index (χ3n) is 2.86. The Kier molecular flexibility index (Phi) is 9.49. The van der Waals surface area contributed by atoms with E-state index in [1.54, 1.807) is 0 Å². The molecule has 122 valence electrons. The van der Waals surface area contributed by atoms with Crippen LogP contribution in [0.5, 0.6) is 0 Å². The summed E-state index contributed by atoms with van der Waals surface area (Å²) in [5.74, 6) is -1.16. The van der Waals surface area contributed by atoms with Crippen molar-refractivity contribution in [2.24, 2.45) is 0 Å². The maximum atomic E-state index is 13.0. The molecule has 0 aliphatic heterocycles. The molecule has 0 saturated heterocycles. The Bertz CT molecular complexity index is 365. The molecule has 0 aromatic rings. The van der Waals surface area contributed by atoms with Crippen LogP contribution in [0.15, 0.2) is 11.3 Å². The number of rotatable bonds is 10. The van der Waals surface area contributed by atoms with E-state index in [9.17, 15) is 22.8 Å². The van der Waals surface area contributed by atoms with E-state index < -0.39 is 23.4 Å². The van der Waals surface area contributed by atoms with E-state index in [4.69, 9.17) is 0 Å². The topological polar surface area (TPSA) is 55.4 Å². The normalized spacial score (nSPS) is 12.6. The van der Waals surface area contributed by atoms with E-state index >= 15 is 0 Å². The van der Waals surface area contributed by atoms with Crippen LogP contribution in [0.3, 0.4) is 0 Å². The molecule has 0 rings (SSSR count). The zero-order valence-electron chi connectivity index (χ0n) is 12.4. The van der Waals surface area contributed by atoms with Gasteiger partial charge in [0.05, 0.1) is 12.2 Å². The molecule has 0 saturated carbocycles. The molecule has 0 aliphatic carbocycles. The van der Waals surface area contributed by atoms with E-state index in [1.807, 2.05) is 12.2 Å². The highest BCUT2D eigenvalue weighted by atomic mass is 19.4. The van der Waals surface area contributed by atoms with Crippen LogP contribution in [0.1, 0.15) is 52.4 Å². The molecule has 0 spiro atoms. The SMILES string of the molecule is CCCCCCC/C(=C(/NC=O)C(=O)OCC)C(F)(F)F. The number of ether oxygens (including phenoxy) is 1. The summed E-state index contributed by atoms with van der Waals surface area (Å²) < 4.78 is 43.7. The average Bonchev–Trinajstić information content (AvgIpc) is 2.40. The van der Waals surface area contributed by atoms with Crippen molar-refractivity contribution in [3.63, 3.8) is 0 Å². The fourth-order valence-electron chi connectivity index (χ4n) is 1.85. The molecular formula is C14H22F3NO3. The van der Waals surface area contributed by atoms with E-state index in [1.165, 1.54) is 6.92 Å². The molecule has 0 aliphatic rings. The Morgan fingerprint density at radius 3 is 2.24 bits per heavy atom. The largest absolute Gasteiger partial charge is 0.461 e. The third kappa shape index (κ3) is 7.72. The van der Waals surface area contributed by atoms with Crippen LogP contribution in [0.25, 0.3) is 0 Å². The van der Waals surface area contributed by atoms with Crippen molar-refractivity contribution < 1.29 is 27.5 Å². The van der Waals surface area contributed by atoms with Crippen molar-refractivity contribution in [2.75, 3.05) is 6.61 Å². The first kappa shape index (κ1) is 19.5. The lowest BCUT2D eigenvalue weighted by Crippen LogP contribution is -2.28. The molecule has 0 aromatic carbocycles. The Morgan fingerprint density at radius 2 is 1.76 bits per heavy atom. The molecule has 0 unspecified atom stereocenters. The number of amides is 1. The number of carbonyl (C=O) groups is 2. The molecule has 1 N–H and O–H groups in total. The standard InChI is InChI=1S/C14H22F3NO3/c1-3-5-6-7-8-9-11(14(15,16)17)12(18-10-19)13(20)21-4-2/h10H,3-9H2,1-2H3,(H,18,19)/b12-11-. The second kappa shape index (κ2) is 10.2. The Hall–Kier alpha value is -1.53. The summed E-state index contributed by atoms with van der Waals surface area (Å²) in [5, 5.41) is 1.83. The maximum Gasteiger partial charge on any atom is 0.414 e. The summed E-state index contributed by atoms with van der Waals surface area (Å²) >= 11 is 0. The van der Waals surface area contributed by atoms with Gasteiger partial charge in [-0.3, -0.25) is 4.79 Å². The number of hydrogen-bond donors (Lipinski definition) is 1. The maximum absolute atomic E-state index is 13.0. The van der Waals surface area contributed by atoms with Crippen LogP contribution in [0.4, 0.5) is 13.2 Å². The van der Waals surface area contributed by atoms with Gasteiger partial charge in [-0.25, -0.2) is 4.79 Å². The predicted molar refractivity (Wildman–Crippen MR) is 72.3 cm³/mol. The van der Waals surface area contributed by atoms with Crippen molar-refractivity contribution in [1.82, 2.24) is 5.32 Å². The summed E-state index contributed by atoms with van der Waals surface area (Å²) in [6.45, 7) is 3.42. The Balaban J connectivity index is 5.06. The van der Waals surface area contributed by atoms with Gasteiger partial charge in [0.15, 0.2) is 0 Å². The number of hydrogen-bond acceptors (Lipinski definition) is 3. The molecule has 4 nitrogen and oxygen atoms in total. The monoisotopic (exact) mass is 309 g/mol. The van der Waals surface area contributed by atoms with Crippen LogP contribution >= 0.6 is 0 Å². The average molecular weight is 309 g/mol. The second-order valence-corrected chi connectivity index (χ2v) is 4.50. The van der Waals surface area contributed by atoms with Gasteiger partial charge in [-0.05, 0) is 19.8 Å². The van der Waals surface area contributed by atoms with Crippen LogP contribution in [0, 0.1) is 0 Å². The van der Waals surface area contributed by atoms with Crippen LogP contribution in [0.2, 0.25) is 0 Å². The summed E-state index contributed by atoms with van der Waals surface area (Å²) in [5.41, 5.74) is -1.85. The van der Waals surface area contributed by atoms with E-state index in [2.05, 4.69) is 4.74 Å². The smallest absolute Gasteiger partial charge is 0.414 e. The van der Waals surface area contributed by atoms with Crippen molar-refractivity contribution in [3.05, 3.63) is 11.3 Å². The molecule has 0 bridgehead atoms. The van der Waals surface area contributed by atoms with Gasteiger partial charge >= 0.3 is 12.1 Å². The summed E-state index contributed by atoms with van der Waals surface area (Å²) in [4.78, 5) is 22.0. The molecule has 0 aromatic heterocycles. The number of unbranched alkanes of at least 4 members (excludes halogenated alkanes) is 4. The van der Waals surface area contributed by atoms with Gasteiger partial charge in [0.2, 0.25) is 6.41 Å². The Morgan fingerprint density at radius 1 is 1.14 bits per heavy atom. The lowest BCUT2D eigenvalue weighted by Gasteiger charge is -2.16. The van der Waals surface area contributed by atoms with E-state index in [0.29, 0.717) is 12.8 Å². The van der Waals surface area contributed by atoms with Crippen LogP contribution in [-0.4, -0.2) is 25.2 Å². The number of esters is 1. The molecule has 0 radical (unpaired) electrons. The zero-order valence-corrected chi connectivity index (χ0v) is 12.4. The van der Waals surface area contributed by atoms with E-state index in [0.717, 1.165) is 19.3 Å². The number of carbonyl (C=O) groups excluding carboxylic acids is 2. The lowest BCUT2D eigenvalue weighted by atomic mass is 10.0. The zero-order chi connectivity index (χ0) is 16.3. The van der Waals surface area contributed by atoms with Crippen LogP contribution < -0.4 is 5.32 Å². The molecule has 0 atom stereocenters. The van der Waals surface area contributed by atoms with Gasteiger partial charge in [0.25, 0.3) is 0 Å². The molecule has 0 fully saturated rings. The van der Waals surface area contributed by atoms with Gasteiger partial charge in [-0.2, -0.15) is 13.2 Å². The quantitative estimate of drug-likeness (QED) is 0.291. The summed E-state index contributed by atoms with van der Waals surface area (Å²) in [7, 11) is 0. The molecule has 0 heterocycles.